The minimum atomic E-state index is 0.138. The maximum absolute atomic E-state index is 13.1. The van der Waals surface area contributed by atoms with E-state index in [1.165, 1.54) is 54.1 Å². The van der Waals surface area contributed by atoms with Crippen LogP contribution in [0.15, 0.2) is 18.2 Å². The molecule has 1 heterocycles. The average Bonchev–Trinajstić information content (AvgIpc) is 2.97. The van der Waals surface area contributed by atoms with E-state index < -0.39 is 0 Å². The molecule has 1 aromatic heterocycles. The fraction of sp³-hybridized carbons (Fsp3) is 0.545. The number of benzene rings is 1. The summed E-state index contributed by atoms with van der Waals surface area (Å²) in [7, 11) is 3.97. The van der Waals surface area contributed by atoms with Crippen LogP contribution in [0.3, 0.4) is 0 Å². The summed E-state index contributed by atoms with van der Waals surface area (Å²) in [5.74, 6) is 0.138. The zero-order valence-electron chi connectivity index (χ0n) is 17.1. The first-order chi connectivity index (χ1) is 12.7. The lowest BCUT2D eigenvalue weighted by atomic mass is 9.75. The molecule has 0 spiro atoms. The molecule has 5 heteroatoms. The molecule has 1 aliphatic carbocycles. The normalized spacial score (nSPS) is 15.6. The van der Waals surface area contributed by atoms with Crippen LogP contribution < -0.4 is 0 Å². The number of carbonyl (C=O) groups excluding carboxylic acids is 3. The molecule has 1 amide bonds. The standard InChI is InChI=1S/C21H30N2O.CO2/c1-15-9-10-16(2)19-17(15)13-18(23(19)5)20(24)22(4)14-21(3)11-7-6-8-12-21;2-1-3/h9-10,13H,6-8,11-12,14H2,1-5H3;. The van der Waals surface area contributed by atoms with E-state index in [0.717, 1.165) is 12.2 Å². The van der Waals surface area contributed by atoms with Crippen molar-refractivity contribution in [3.63, 3.8) is 0 Å². The second-order valence-corrected chi connectivity index (χ2v) is 8.17. The second kappa shape index (κ2) is 8.53. The summed E-state index contributed by atoms with van der Waals surface area (Å²) < 4.78 is 2.07. The van der Waals surface area contributed by atoms with E-state index in [1.807, 2.05) is 19.0 Å². The van der Waals surface area contributed by atoms with Gasteiger partial charge in [0.15, 0.2) is 0 Å². The number of fused-ring (bicyclic) bond motifs is 1. The Bertz CT molecular complexity index is 854. The molecule has 0 atom stereocenters. The molecule has 0 saturated heterocycles. The van der Waals surface area contributed by atoms with Crippen LogP contribution in [0.1, 0.15) is 60.6 Å². The molecule has 1 fully saturated rings. The number of carbonyl (C=O) groups is 1. The third-order valence-electron chi connectivity index (χ3n) is 5.86. The van der Waals surface area contributed by atoms with E-state index in [0.29, 0.717) is 0 Å². The predicted molar refractivity (Wildman–Crippen MR) is 106 cm³/mol. The van der Waals surface area contributed by atoms with Gasteiger partial charge in [-0.05, 0) is 49.3 Å². The van der Waals surface area contributed by atoms with Crippen LogP contribution in [0.2, 0.25) is 0 Å². The van der Waals surface area contributed by atoms with Gasteiger partial charge in [-0.15, -0.1) is 0 Å². The van der Waals surface area contributed by atoms with Crippen molar-refractivity contribution in [1.82, 2.24) is 9.47 Å². The van der Waals surface area contributed by atoms with E-state index in [4.69, 9.17) is 9.59 Å². The number of hydrogen-bond donors (Lipinski definition) is 0. The molecule has 0 radical (unpaired) electrons. The first-order valence-electron chi connectivity index (χ1n) is 9.54. The molecule has 146 valence electrons. The number of rotatable bonds is 3. The number of nitrogens with zero attached hydrogens (tertiary/aromatic N) is 2. The monoisotopic (exact) mass is 370 g/mol. The summed E-state index contributed by atoms with van der Waals surface area (Å²) in [5, 5.41) is 1.19. The average molecular weight is 370 g/mol. The molecule has 0 bridgehead atoms. The summed E-state index contributed by atoms with van der Waals surface area (Å²) in [4.78, 5) is 31.3. The zero-order valence-corrected chi connectivity index (χ0v) is 17.1. The lowest BCUT2D eigenvalue weighted by molar-refractivity contribution is -0.191. The first kappa shape index (κ1) is 20.9. The summed E-state index contributed by atoms with van der Waals surface area (Å²) in [6, 6.07) is 6.34. The summed E-state index contributed by atoms with van der Waals surface area (Å²) in [5.41, 5.74) is 4.70. The van der Waals surface area contributed by atoms with Gasteiger partial charge in [-0.1, -0.05) is 38.3 Å². The Kier molecular flexibility index (Phi) is 6.61. The molecule has 0 unspecified atom stereocenters. The minimum absolute atomic E-state index is 0.138. The molecule has 1 aromatic carbocycles. The Balaban J connectivity index is 0.000000817. The number of aryl methyl sites for hydroxylation is 3. The van der Waals surface area contributed by atoms with Crippen molar-refractivity contribution in [1.29, 1.82) is 0 Å². The van der Waals surface area contributed by atoms with Crippen LogP contribution in [0.4, 0.5) is 0 Å². The van der Waals surface area contributed by atoms with E-state index in [2.05, 4.69) is 43.5 Å². The second-order valence-electron chi connectivity index (χ2n) is 8.17. The van der Waals surface area contributed by atoms with Crippen molar-refractivity contribution in [2.45, 2.75) is 52.9 Å². The molecule has 5 nitrogen and oxygen atoms in total. The molecular formula is C22H30N2O3. The molecule has 1 aliphatic rings. The fourth-order valence-corrected chi connectivity index (χ4v) is 4.41. The van der Waals surface area contributed by atoms with Crippen LogP contribution in [0.25, 0.3) is 10.9 Å². The summed E-state index contributed by atoms with van der Waals surface area (Å²) >= 11 is 0. The minimum Gasteiger partial charge on any atom is -0.340 e. The smallest absolute Gasteiger partial charge is 0.340 e. The van der Waals surface area contributed by atoms with Crippen LogP contribution in [-0.2, 0) is 16.6 Å². The number of amides is 1. The van der Waals surface area contributed by atoms with Crippen molar-refractivity contribution in [3.8, 4) is 0 Å². The number of hydrogen-bond acceptors (Lipinski definition) is 3. The first-order valence-corrected chi connectivity index (χ1v) is 9.54. The highest BCUT2D eigenvalue weighted by molar-refractivity contribution is 6.00. The fourth-order valence-electron chi connectivity index (χ4n) is 4.41. The van der Waals surface area contributed by atoms with Gasteiger partial charge in [-0.3, -0.25) is 4.79 Å². The van der Waals surface area contributed by atoms with E-state index in [1.54, 1.807) is 0 Å². The quantitative estimate of drug-likeness (QED) is 0.811. The molecule has 1 saturated carbocycles. The van der Waals surface area contributed by atoms with Gasteiger partial charge in [-0.25, -0.2) is 0 Å². The predicted octanol–water partition coefficient (Wildman–Crippen LogP) is 4.25. The maximum Gasteiger partial charge on any atom is 0.373 e. The molecular weight excluding hydrogens is 340 g/mol. The van der Waals surface area contributed by atoms with Gasteiger partial charge in [0, 0.05) is 26.0 Å². The van der Waals surface area contributed by atoms with Gasteiger partial charge < -0.3 is 9.47 Å². The van der Waals surface area contributed by atoms with Gasteiger partial charge in [0.2, 0.25) is 0 Å². The Morgan fingerprint density at radius 1 is 1.15 bits per heavy atom. The molecule has 0 aliphatic heterocycles. The van der Waals surface area contributed by atoms with Crippen molar-refractivity contribution < 1.29 is 14.4 Å². The highest BCUT2D eigenvalue weighted by Gasteiger charge is 2.30. The van der Waals surface area contributed by atoms with Crippen LogP contribution >= 0.6 is 0 Å². The van der Waals surface area contributed by atoms with Gasteiger partial charge in [0.1, 0.15) is 5.69 Å². The molecule has 0 N–H and O–H groups in total. The third-order valence-corrected chi connectivity index (χ3v) is 5.86. The van der Waals surface area contributed by atoms with E-state index in [-0.39, 0.29) is 17.5 Å². The Morgan fingerprint density at radius 2 is 1.70 bits per heavy atom. The molecule has 2 aromatic rings. The van der Waals surface area contributed by atoms with Crippen molar-refractivity contribution in [2.24, 2.45) is 12.5 Å². The van der Waals surface area contributed by atoms with Gasteiger partial charge >= 0.3 is 6.15 Å². The summed E-state index contributed by atoms with van der Waals surface area (Å²) in [6.07, 6.45) is 6.65. The van der Waals surface area contributed by atoms with Crippen molar-refractivity contribution in [2.75, 3.05) is 13.6 Å². The third kappa shape index (κ3) is 4.48. The van der Waals surface area contributed by atoms with Gasteiger partial charge in [0.25, 0.3) is 5.91 Å². The SMILES string of the molecule is Cc1ccc(C)c2c1cc(C(=O)N(C)CC1(C)CCCCC1)n2C.O=C=O. The van der Waals surface area contributed by atoms with Gasteiger partial charge in [0.05, 0.1) is 5.52 Å². The van der Waals surface area contributed by atoms with E-state index in [9.17, 15) is 4.79 Å². The maximum atomic E-state index is 13.1. The topological polar surface area (TPSA) is 59.4 Å². The summed E-state index contributed by atoms with van der Waals surface area (Å²) in [6.45, 7) is 7.42. The highest BCUT2D eigenvalue weighted by Crippen LogP contribution is 2.36. The van der Waals surface area contributed by atoms with Crippen LogP contribution in [-0.4, -0.2) is 35.1 Å². The Labute approximate surface area is 161 Å². The Hall–Kier alpha value is -2.39. The van der Waals surface area contributed by atoms with Crippen molar-refractivity contribution >= 4 is 23.0 Å². The van der Waals surface area contributed by atoms with Crippen LogP contribution in [0, 0.1) is 19.3 Å². The highest BCUT2D eigenvalue weighted by atomic mass is 16.2. The van der Waals surface area contributed by atoms with Gasteiger partial charge in [-0.2, -0.15) is 9.59 Å². The molecule has 27 heavy (non-hydrogen) atoms. The Morgan fingerprint density at radius 3 is 2.26 bits per heavy atom. The van der Waals surface area contributed by atoms with Crippen LogP contribution in [0.5, 0.6) is 0 Å². The molecule has 3 rings (SSSR count). The number of aromatic nitrogens is 1. The zero-order chi connectivity index (χ0) is 20.2. The van der Waals surface area contributed by atoms with E-state index >= 15 is 0 Å². The van der Waals surface area contributed by atoms with Crippen molar-refractivity contribution in [3.05, 3.63) is 35.0 Å². The largest absolute Gasteiger partial charge is 0.373 e. The lowest BCUT2D eigenvalue weighted by Gasteiger charge is -2.37. The lowest BCUT2D eigenvalue weighted by Crippen LogP contribution is -2.39.